The molecule has 23 heavy (non-hydrogen) atoms. The third-order valence-corrected chi connectivity index (χ3v) is 4.89. The van der Waals surface area contributed by atoms with Gasteiger partial charge in [-0.1, -0.05) is 12.1 Å². The Morgan fingerprint density at radius 2 is 2.13 bits per heavy atom. The lowest BCUT2D eigenvalue weighted by Crippen LogP contribution is -2.50. The number of piperidine rings is 1. The molecule has 1 saturated heterocycles. The van der Waals surface area contributed by atoms with Gasteiger partial charge in [-0.15, -0.1) is 0 Å². The summed E-state index contributed by atoms with van der Waals surface area (Å²) in [6.07, 6.45) is 2.67. The minimum atomic E-state index is -3.23. The summed E-state index contributed by atoms with van der Waals surface area (Å²) in [6.45, 7) is 3.19. The molecule has 1 unspecified atom stereocenters. The van der Waals surface area contributed by atoms with Gasteiger partial charge in [0.2, 0.25) is 10.0 Å². The van der Waals surface area contributed by atoms with Crippen molar-refractivity contribution in [1.29, 1.82) is 0 Å². The molecule has 0 bridgehead atoms. The number of nitrogens with one attached hydrogen (secondary N) is 2. The average Bonchev–Trinajstić information content (AvgIpc) is 2.49. The predicted molar refractivity (Wildman–Crippen MR) is 89.2 cm³/mol. The number of benzene rings is 1. The molecule has 0 radical (unpaired) electrons. The first kappa shape index (κ1) is 17.6. The number of rotatable bonds is 5. The van der Waals surface area contributed by atoms with Gasteiger partial charge in [0.1, 0.15) is 5.75 Å². The molecular formula is C15H23N3O4S. The van der Waals surface area contributed by atoms with Crippen molar-refractivity contribution in [3.8, 4) is 5.75 Å². The molecule has 1 aromatic rings. The Kier molecular flexibility index (Phi) is 5.84. The van der Waals surface area contributed by atoms with E-state index in [4.69, 9.17) is 4.74 Å². The smallest absolute Gasteiger partial charge is 0.319 e. The number of carbonyl (C=O) groups is 1. The summed E-state index contributed by atoms with van der Waals surface area (Å²) in [4.78, 5) is 12.1. The van der Waals surface area contributed by atoms with Gasteiger partial charge in [-0.05, 0) is 31.9 Å². The van der Waals surface area contributed by atoms with Gasteiger partial charge in [-0.3, -0.25) is 0 Å². The summed E-state index contributed by atoms with van der Waals surface area (Å²) >= 11 is 0. The van der Waals surface area contributed by atoms with Crippen LogP contribution in [0, 0.1) is 0 Å². The Hall–Kier alpha value is -1.80. The van der Waals surface area contributed by atoms with Gasteiger partial charge in [0, 0.05) is 19.1 Å². The lowest BCUT2D eigenvalue weighted by molar-refractivity contribution is 0.236. The SMILES string of the molecule is CCOc1ccccc1NC(=O)NC1CCCN(S(C)(=O)=O)C1. The molecule has 2 amide bonds. The maximum atomic E-state index is 12.1. The largest absolute Gasteiger partial charge is 0.492 e. The minimum absolute atomic E-state index is 0.197. The molecule has 2 N–H and O–H groups in total. The molecule has 7 nitrogen and oxygen atoms in total. The zero-order chi connectivity index (χ0) is 16.9. The van der Waals surface area contributed by atoms with Gasteiger partial charge >= 0.3 is 6.03 Å². The molecule has 0 saturated carbocycles. The Morgan fingerprint density at radius 1 is 1.39 bits per heavy atom. The van der Waals surface area contributed by atoms with E-state index in [1.807, 2.05) is 19.1 Å². The molecular weight excluding hydrogens is 318 g/mol. The fraction of sp³-hybridized carbons (Fsp3) is 0.533. The number of ether oxygens (including phenoxy) is 1. The van der Waals surface area contributed by atoms with Gasteiger partial charge in [-0.25, -0.2) is 17.5 Å². The Labute approximate surface area is 137 Å². The number of sulfonamides is 1. The van der Waals surface area contributed by atoms with Crippen LogP contribution in [0.2, 0.25) is 0 Å². The van der Waals surface area contributed by atoms with E-state index in [1.165, 1.54) is 10.6 Å². The van der Waals surface area contributed by atoms with E-state index < -0.39 is 10.0 Å². The Balaban J connectivity index is 1.95. The van der Waals surface area contributed by atoms with Crippen LogP contribution in [0.4, 0.5) is 10.5 Å². The first-order valence-corrected chi connectivity index (χ1v) is 9.49. The number of urea groups is 1. The van der Waals surface area contributed by atoms with Crippen LogP contribution in [0.1, 0.15) is 19.8 Å². The highest BCUT2D eigenvalue weighted by atomic mass is 32.2. The average molecular weight is 341 g/mol. The molecule has 0 aromatic heterocycles. The van der Waals surface area contributed by atoms with Crippen LogP contribution in [0.5, 0.6) is 5.75 Å². The number of carbonyl (C=O) groups excluding carboxylic acids is 1. The number of hydrogen-bond acceptors (Lipinski definition) is 4. The third kappa shape index (κ3) is 5.11. The molecule has 1 aliphatic rings. The summed E-state index contributed by atoms with van der Waals surface area (Å²) in [5.41, 5.74) is 0.586. The molecule has 1 heterocycles. The lowest BCUT2D eigenvalue weighted by Gasteiger charge is -2.31. The van der Waals surface area contributed by atoms with Crippen LogP contribution in [-0.4, -0.2) is 50.7 Å². The van der Waals surface area contributed by atoms with Crippen LogP contribution < -0.4 is 15.4 Å². The van der Waals surface area contributed by atoms with Crippen LogP contribution in [0.3, 0.4) is 0 Å². The minimum Gasteiger partial charge on any atom is -0.492 e. The molecule has 8 heteroatoms. The first-order valence-electron chi connectivity index (χ1n) is 7.64. The van der Waals surface area contributed by atoms with Crippen molar-refractivity contribution in [1.82, 2.24) is 9.62 Å². The quantitative estimate of drug-likeness (QED) is 0.852. The highest BCUT2D eigenvalue weighted by Crippen LogP contribution is 2.23. The highest BCUT2D eigenvalue weighted by Gasteiger charge is 2.26. The van der Waals surface area contributed by atoms with E-state index in [1.54, 1.807) is 12.1 Å². The van der Waals surface area contributed by atoms with E-state index >= 15 is 0 Å². The van der Waals surface area contributed by atoms with Crippen molar-refractivity contribution >= 4 is 21.7 Å². The molecule has 1 aromatic carbocycles. The van der Waals surface area contributed by atoms with Gasteiger partial charge in [-0.2, -0.15) is 0 Å². The fourth-order valence-corrected chi connectivity index (χ4v) is 3.47. The van der Waals surface area contributed by atoms with E-state index in [0.29, 0.717) is 31.1 Å². The number of para-hydroxylation sites is 2. The molecule has 1 fully saturated rings. The zero-order valence-electron chi connectivity index (χ0n) is 13.4. The van der Waals surface area contributed by atoms with Crippen molar-refractivity contribution in [3.05, 3.63) is 24.3 Å². The van der Waals surface area contributed by atoms with E-state index in [2.05, 4.69) is 10.6 Å². The van der Waals surface area contributed by atoms with Gasteiger partial charge in [0.15, 0.2) is 0 Å². The van der Waals surface area contributed by atoms with Crippen LogP contribution >= 0.6 is 0 Å². The van der Waals surface area contributed by atoms with E-state index in [-0.39, 0.29) is 12.1 Å². The Bertz CT molecular complexity index is 648. The summed E-state index contributed by atoms with van der Waals surface area (Å²) in [5.74, 6) is 0.603. The van der Waals surface area contributed by atoms with E-state index in [9.17, 15) is 13.2 Å². The second-order valence-corrected chi connectivity index (χ2v) is 7.47. The van der Waals surface area contributed by atoms with Crippen LogP contribution in [0.15, 0.2) is 24.3 Å². The van der Waals surface area contributed by atoms with Crippen LogP contribution in [0.25, 0.3) is 0 Å². The lowest BCUT2D eigenvalue weighted by atomic mass is 10.1. The monoisotopic (exact) mass is 341 g/mol. The third-order valence-electron chi connectivity index (χ3n) is 3.62. The van der Waals surface area contributed by atoms with Crippen molar-refractivity contribution < 1.29 is 17.9 Å². The van der Waals surface area contributed by atoms with Crippen molar-refractivity contribution in [3.63, 3.8) is 0 Å². The molecule has 0 spiro atoms. The van der Waals surface area contributed by atoms with Crippen LogP contribution in [-0.2, 0) is 10.0 Å². The number of hydrogen-bond donors (Lipinski definition) is 2. The standard InChI is InChI=1S/C15H23N3O4S/c1-3-22-14-9-5-4-8-13(14)17-15(19)16-12-7-6-10-18(11-12)23(2,20)21/h4-5,8-9,12H,3,6-7,10-11H2,1-2H3,(H2,16,17,19). The first-order chi connectivity index (χ1) is 10.9. The summed E-state index contributed by atoms with van der Waals surface area (Å²) < 4.78 is 30.1. The normalized spacial score (nSPS) is 19.1. The Morgan fingerprint density at radius 3 is 2.83 bits per heavy atom. The highest BCUT2D eigenvalue weighted by molar-refractivity contribution is 7.88. The maximum Gasteiger partial charge on any atom is 0.319 e. The van der Waals surface area contributed by atoms with Crippen molar-refractivity contribution in [2.45, 2.75) is 25.8 Å². The summed E-state index contributed by atoms with van der Waals surface area (Å²) in [6, 6.07) is 6.62. The summed E-state index contributed by atoms with van der Waals surface area (Å²) in [7, 11) is -3.23. The second-order valence-electron chi connectivity index (χ2n) is 5.49. The van der Waals surface area contributed by atoms with Crippen molar-refractivity contribution in [2.75, 3.05) is 31.3 Å². The van der Waals surface area contributed by atoms with Gasteiger partial charge in [0.05, 0.1) is 18.6 Å². The number of nitrogens with zero attached hydrogens (tertiary/aromatic N) is 1. The fourth-order valence-electron chi connectivity index (χ4n) is 2.56. The summed E-state index contributed by atoms with van der Waals surface area (Å²) in [5, 5.41) is 5.58. The molecule has 0 aliphatic carbocycles. The van der Waals surface area contributed by atoms with Gasteiger partial charge < -0.3 is 15.4 Å². The number of amides is 2. The molecule has 128 valence electrons. The topological polar surface area (TPSA) is 87.7 Å². The van der Waals surface area contributed by atoms with E-state index in [0.717, 1.165) is 12.8 Å². The molecule has 2 rings (SSSR count). The zero-order valence-corrected chi connectivity index (χ0v) is 14.2. The van der Waals surface area contributed by atoms with Crippen molar-refractivity contribution in [2.24, 2.45) is 0 Å². The maximum absolute atomic E-state index is 12.1. The van der Waals surface area contributed by atoms with Gasteiger partial charge in [0.25, 0.3) is 0 Å². The second kappa shape index (κ2) is 7.65. The molecule has 1 aliphatic heterocycles. The predicted octanol–water partition coefficient (Wildman–Crippen LogP) is 1.63. The molecule has 1 atom stereocenters. The number of anilines is 1.